The van der Waals surface area contributed by atoms with Crippen molar-refractivity contribution in [2.24, 2.45) is 34.5 Å². The van der Waals surface area contributed by atoms with Gasteiger partial charge in [-0.05, 0) is 139 Å². The maximum atomic E-state index is 16.3. The van der Waals surface area contributed by atoms with Gasteiger partial charge in [0.25, 0.3) is 0 Å². The van der Waals surface area contributed by atoms with Crippen LogP contribution in [0.2, 0.25) is 0 Å². The third-order valence-electron chi connectivity index (χ3n) is 13.7. The summed E-state index contributed by atoms with van der Waals surface area (Å²) in [5.41, 5.74) is -1.24. The van der Waals surface area contributed by atoms with Gasteiger partial charge in [-0.15, -0.1) is 0 Å². The first-order valence-electron chi connectivity index (χ1n) is 19.9. The Morgan fingerprint density at radius 2 is 0.864 bits per heavy atom. The first kappa shape index (κ1) is 34.8. The van der Waals surface area contributed by atoms with E-state index in [1.54, 1.807) is 0 Å². The van der Waals surface area contributed by atoms with Gasteiger partial charge in [0.05, 0.1) is 23.0 Å². The SMILES string of the molecule is CCCCCCCOC1CCC(C2CC[C@]3(CC2)C(=O)[C@@]2(CCC(C4CCC(OCCCCCCC)CC4)CC2)[C@H]3F)CC1. The van der Waals surface area contributed by atoms with Crippen LogP contribution < -0.4 is 0 Å². The number of ketones is 1. The molecule has 0 bridgehead atoms. The van der Waals surface area contributed by atoms with Gasteiger partial charge in [0.2, 0.25) is 0 Å². The van der Waals surface area contributed by atoms with Gasteiger partial charge in [0, 0.05) is 13.2 Å². The molecule has 0 aromatic carbocycles. The summed E-state index contributed by atoms with van der Waals surface area (Å²) >= 11 is 0. The molecule has 2 spiro atoms. The molecule has 5 saturated carbocycles. The molecule has 5 rings (SSSR count). The van der Waals surface area contributed by atoms with E-state index < -0.39 is 17.0 Å². The van der Waals surface area contributed by atoms with E-state index >= 15 is 4.39 Å². The van der Waals surface area contributed by atoms with E-state index in [0.29, 0.717) is 29.8 Å². The van der Waals surface area contributed by atoms with Gasteiger partial charge in [0.15, 0.2) is 5.78 Å². The second kappa shape index (κ2) is 17.1. The van der Waals surface area contributed by atoms with Gasteiger partial charge in [-0.3, -0.25) is 4.79 Å². The van der Waals surface area contributed by atoms with Crippen molar-refractivity contribution in [2.75, 3.05) is 13.2 Å². The molecule has 5 aliphatic rings. The second-order valence-corrected chi connectivity index (χ2v) is 16.3. The Bertz CT molecular complexity index is 760. The Morgan fingerprint density at radius 1 is 0.523 bits per heavy atom. The summed E-state index contributed by atoms with van der Waals surface area (Å²) in [5, 5.41) is 0. The predicted molar refractivity (Wildman–Crippen MR) is 180 cm³/mol. The molecule has 0 aromatic heterocycles. The van der Waals surface area contributed by atoms with Crippen LogP contribution >= 0.6 is 0 Å². The lowest BCUT2D eigenvalue weighted by Gasteiger charge is -2.62. The van der Waals surface area contributed by atoms with Crippen molar-refractivity contribution in [3.8, 4) is 0 Å². The fraction of sp³-hybridized carbons (Fsp3) is 0.975. The predicted octanol–water partition coefficient (Wildman–Crippen LogP) is 11.4. The number of hydrogen-bond donors (Lipinski definition) is 0. The number of carbonyl (C=O) groups is 1. The van der Waals surface area contributed by atoms with Crippen LogP contribution in [0.15, 0.2) is 0 Å². The largest absolute Gasteiger partial charge is 0.378 e. The molecule has 0 radical (unpaired) electrons. The topological polar surface area (TPSA) is 35.5 Å². The Kier molecular flexibility index (Phi) is 13.5. The number of hydrogen-bond acceptors (Lipinski definition) is 3. The summed E-state index contributed by atoms with van der Waals surface area (Å²) in [7, 11) is 0. The Balaban J connectivity index is 0.970. The smallest absolute Gasteiger partial charge is 0.151 e. The highest BCUT2D eigenvalue weighted by atomic mass is 19.1. The van der Waals surface area contributed by atoms with Crippen molar-refractivity contribution in [2.45, 2.75) is 199 Å². The van der Waals surface area contributed by atoms with Crippen LogP contribution in [0, 0.1) is 34.5 Å². The van der Waals surface area contributed by atoms with Crippen molar-refractivity contribution in [3.05, 3.63) is 0 Å². The van der Waals surface area contributed by atoms with E-state index in [9.17, 15) is 4.79 Å². The molecule has 0 aromatic rings. The normalized spacial score (nSPS) is 39.5. The van der Waals surface area contributed by atoms with Gasteiger partial charge in [-0.25, -0.2) is 4.39 Å². The molecular formula is C40H69FO3. The second-order valence-electron chi connectivity index (χ2n) is 16.3. The third-order valence-corrected chi connectivity index (χ3v) is 13.7. The van der Waals surface area contributed by atoms with Gasteiger partial charge >= 0.3 is 0 Å². The highest BCUT2D eigenvalue weighted by Gasteiger charge is 2.71. The molecular weight excluding hydrogens is 547 g/mol. The van der Waals surface area contributed by atoms with E-state index in [1.807, 2.05) is 0 Å². The lowest BCUT2D eigenvalue weighted by Crippen LogP contribution is -2.69. The molecule has 4 heteroatoms. The number of unbranched alkanes of at least 4 members (excludes halogenated alkanes) is 8. The fourth-order valence-corrected chi connectivity index (χ4v) is 10.8. The Morgan fingerprint density at radius 3 is 1.20 bits per heavy atom. The van der Waals surface area contributed by atoms with Crippen LogP contribution in [0.3, 0.4) is 0 Å². The minimum atomic E-state index is -0.882. The van der Waals surface area contributed by atoms with Gasteiger partial charge in [-0.1, -0.05) is 65.2 Å². The molecule has 0 N–H and O–H groups in total. The Labute approximate surface area is 270 Å². The number of carbonyl (C=O) groups excluding carboxylic acids is 1. The maximum absolute atomic E-state index is 16.3. The molecule has 0 heterocycles. The summed E-state index contributed by atoms with van der Waals surface area (Å²) in [5.74, 6) is 3.27. The summed E-state index contributed by atoms with van der Waals surface area (Å²) in [6, 6.07) is 0. The molecule has 5 aliphatic carbocycles. The maximum Gasteiger partial charge on any atom is 0.151 e. The van der Waals surface area contributed by atoms with E-state index in [2.05, 4.69) is 13.8 Å². The molecule has 0 atom stereocenters. The van der Waals surface area contributed by atoms with Crippen molar-refractivity contribution in [3.63, 3.8) is 0 Å². The highest BCUT2D eigenvalue weighted by molar-refractivity contribution is 5.98. The van der Waals surface area contributed by atoms with Crippen LogP contribution in [-0.2, 0) is 14.3 Å². The Hall–Kier alpha value is -0.480. The summed E-state index contributed by atoms with van der Waals surface area (Å²) in [6.07, 6.45) is 30.5. The minimum absolute atomic E-state index is 0.349. The number of Topliss-reactive ketones (excluding diaryl/α,β-unsaturated/α-hetero) is 1. The lowest BCUT2D eigenvalue weighted by molar-refractivity contribution is -0.195. The van der Waals surface area contributed by atoms with Crippen LogP contribution in [-0.4, -0.2) is 37.4 Å². The van der Waals surface area contributed by atoms with E-state index in [1.165, 1.54) is 116 Å². The van der Waals surface area contributed by atoms with Crippen molar-refractivity contribution in [1.82, 2.24) is 0 Å². The van der Waals surface area contributed by atoms with E-state index in [0.717, 1.165) is 76.4 Å². The van der Waals surface area contributed by atoms with E-state index in [-0.39, 0.29) is 0 Å². The zero-order valence-electron chi connectivity index (χ0n) is 28.9. The summed E-state index contributed by atoms with van der Waals surface area (Å²) in [4.78, 5) is 13.9. The highest BCUT2D eigenvalue weighted by Crippen LogP contribution is 2.66. The van der Waals surface area contributed by atoms with Crippen LogP contribution in [0.25, 0.3) is 0 Å². The van der Waals surface area contributed by atoms with E-state index in [4.69, 9.17) is 9.47 Å². The van der Waals surface area contributed by atoms with Crippen molar-refractivity contribution >= 4 is 5.78 Å². The standard InChI is InChI=1S/C40H69FO3/c1-3-5-7-9-11-29-43-35-17-13-31(14-18-35)33-21-25-39(26-22-33)37(41)40(38(39)42)27-23-34(24-28-40)32-15-19-36(20-16-32)44-30-12-10-8-6-4-2/h31-37H,3-30H2,1-2H3/t31?,32?,33?,34?,35?,36?,37?,39-,40-. The summed E-state index contributed by atoms with van der Waals surface area (Å²) < 4.78 is 28.7. The molecule has 0 saturated heterocycles. The molecule has 3 nitrogen and oxygen atoms in total. The van der Waals surface area contributed by atoms with Gasteiger partial charge < -0.3 is 9.47 Å². The number of rotatable bonds is 16. The molecule has 5 fully saturated rings. The van der Waals surface area contributed by atoms with Crippen LogP contribution in [0.1, 0.15) is 181 Å². The number of halogens is 1. The average Bonchev–Trinajstić information content (AvgIpc) is 3.08. The zero-order valence-corrected chi connectivity index (χ0v) is 28.9. The average molecular weight is 617 g/mol. The van der Waals surface area contributed by atoms with Crippen LogP contribution in [0.4, 0.5) is 4.39 Å². The first-order valence-corrected chi connectivity index (χ1v) is 19.9. The number of alkyl halides is 1. The molecule has 0 unspecified atom stereocenters. The van der Waals surface area contributed by atoms with Gasteiger partial charge in [0.1, 0.15) is 6.17 Å². The molecule has 44 heavy (non-hydrogen) atoms. The van der Waals surface area contributed by atoms with Crippen LogP contribution in [0.5, 0.6) is 0 Å². The lowest BCUT2D eigenvalue weighted by atomic mass is 9.41. The number of ether oxygens (including phenoxy) is 2. The van der Waals surface area contributed by atoms with Crippen molar-refractivity contribution < 1.29 is 18.7 Å². The zero-order chi connectivity index (χ0) is 30.8. The minimum Gasteiger partial charge on any atom is -0.378 e. The quantitative estimate of drug-likeness (QED) is 0.162. The third kappa shape index (κ3) is 8.14. The van der Waals surface area contributed by atoms with Crippen molar-refractivity contribution in [1.29, 1.82) is 0 Å². The monoisotopic (exact) mass is 617 g/mol. The first-order chi connectivity index (χ1) is 21.5. The van der Waals surface area contributed by atoms with Gasteiger partial charge in [-0.2, -0.15) is 0 Å². The molecule has 0 aliphatic heterocycles. The fourth-order valence-electron chi connectivity index (χ4n) is 10.8. The molecule has 0 amide bonds. The molecule has 254 valence electrons. The summed E-state index contributed by atoms with van der Waals surface area (Å²) in [6.45, 7) is 6.40.